The first kappa shape index (κ1) is 19.1. The van der Waals surface area contributed by atoms with Crippen molar-refractivity contribution in [2.45, 2.75) is 13.0 Å². The molecule has 0 aliphatic heterocycles. The first-order valence-corrected chi connectivity index (χ1v) is 7.21. The number of anilines is 1. The van der Waals surface area contributed by atoms with Crippen molar-refractivity contribution >= 4 is 35.8 Å². The summed E-state index contributed by atoms with van der Waals surface area (Å²) in [7, 11) is 3.92. The molecule has 0 amide bonds. The molecule has 6 nitrogen and oxygen atoms in total. The predicted octanol–water partition coefficient (Wildman–Crippen LogP) is 1.81. The Bertz CT molecular complexity index is 615. The number of hydrogen-bond acceptors (Lipinski definition) is 4. The van der Waals surface area contributed by atoms with Gasteiger partial charge in [0.1, 0.15) is 5.82 Å². The molecular formula is C16H23IN6. The van der Waals surface area contributed by atoms with E-state index >= 15 is 0 Å². The molecule has 23 heavy (non-hydrogen) atoms. The first-order valence-electron chi connectivity index (χ1n) is 7.21. The SMILES string of the molecule is CN(C)c1ncccc1CN=C(N)NCCc1ccccn1.I. The number of hydrogen-bond donors (Lipinski definition) is 2. The topological polar surface area (TPSA) is 79.4 Å². The molecule has 2 aromatic heterocycles. The van der Waals surface area contributed by atoms with Crippen molar-refractivity contribution in [1.29, 1.82) is 0 Å². The van der Waals surface area contributed by atoms with Crippen LogP contribution < -0.4 is 16.0 Å². The van der Waals surface area contributed by atoms with Gasteiger partial charge in [0, 0.05) is 50.7 Å². The van der Waals surface area contributed by atoms with E-state index in [9.17, 15) is 0 Å². The second-order valence-electron chi connectivity index (χ2n) is 5.08. The first-order chi connectivity index (χ1) is 10.7. The van der Waals surface area contributed by atoms with Gasteiger partial charge in [-0.25, -0.2) is 9.98 Å². The van der Waals surface area contributed by atoms with Crippen LogP contribution in [0, 0.1) is 0 Å². The molecular weight excluding hydrogens is 403 g/mol. The van der Waals surface area contributed by atoms with E-state index < -0.39 is 0 Å². The number of nitrogens with two attached hydrogens (primary N) is 1. The molecule has 2 heterocycles. The smallest absolute Gasteiger partial charge is 0.188 e. The summed E-state index contributed by atoms with van der Waals surface area (Å²) < 4.78 is 0. The summed E-state index contributed by atoms with van der Waals surface area (Å²) in [6.45, 7) is 1.21. The standard InChI is InChI=1S/C16H22N6.HI/c1-22(2)15-13(6-5-10-19-15)12-21-16(17)20-11-8-14-7-3-4-9-18-14;/h3-7,9-10H,8,11-12H2,1-2H3,(H3,17,20,21);1H. The lowest BCUT2D eigenvalue weighted by Gasteiger charge is -2.14. The van der Waals surface area contributed by atoms with E-state index in [0.717, 1.165) is 23.5 Å². The minimum atomic E-state index is 0. The zero-order chi connectivity index (χ0) is 15.8. The van der Waals surface area contributed by atoms with E-state index in [0.29, 0.717) is 19.0 Å². The van der Waals surface area contributed by atoms with Crippen LogP contribution in [0.3, 0.4) is 0 Å². The van der Waals surface area contributed by atoms with Crippen molar-refractivity contribution < 1.29 is 0 Å². The molecule has 124 valence electrons. The van der Waals surface area contributed by atoms with Crippen LogP contribution in [-0.4, -0.2) is 36.6 Å². The number of aromatic nitrogens is 2. The Labute approximate surface area is 154 Å². The Morgan fingerprint density at radius 2 is 1.96 bits per heavy atom. The third-order valence-corrected chi connectivity index (χ3v) is 3.12. The quantitative estimate of drug-likeness (QED) is 0.419. The van der Waals surface area contributed by atoms with E-state index in [4.69, 9.17) is 5.73 Å². The summed E-state index contributed by atoms with van der Waals surface area (Å²) in [5, 5.41) is 3.10. The highest BCUT2D eigenvalue weighted by Crippen LogP contribution is 2.14. The average molecular weight is 426 g/mol. The van der Waals surface area contributed by atoms with Gasteiger partial charge in [-0.05, 0) is 18.2 Å². The fourth-order valence-electron chi connectivity index (χ4n) is 2.05. The van der Waals surface area contributed by atoms with E-state index in [2.05, 4.69) is 20.3 Å². The number of aliphatic imine (C=N–C) groups is 1. The molecule has 0 atom stereocenters. The number of rotatable bonds is 6. The van der Waals surface area contributed by atoms with E-state index in [1.165, 1.54) is 0 Å². The molecule has 0 aliphatic rings. The third-order valence-electron chi connectivity index (χ3n) is 3.12. The summed E-state index contributed by atoms with van der Waals surface area (Å²) in [5.74, 6) is 1.34. The monoisotopic (exact) mass is 426 g/mol. The zero-order valence-electron chi connectivity index (χ0n) is 13.4. The van der Waals surface area contributed by atoms with Crippen molar-refractivity contribution in [1.82, 2.24) is 15.3 Å². The molecule has 0 bridgehead atoms. The van der Waals surface area contributed by atoms with Gasteiger partial charge < -0.3 is 16.0 Å². The predicted molar refractivity (Wildman–Crippen MR) is 105 cm³/mol. The molecule has 0 radical (unpaired) electrons. The fourth-order valence-corrected chi connectivity index (χ4v) is 2.05. The molecule has 0 spiro atoms. The van der Waals surface area contributed by atoms with Gasteiger partial charge in [-0.3, -0.25) is 4.98 Å². The Hall–Kier alpha value is -1.90. The van der Waals surface area contributed by atoms with Crippen LogP contribution in [0.1, 0.15) is 11.3 Å². The molecule has 0 aliphatic carbocycles. The van der Waals surface area contributed by atoms with Gasteiger partial charge in [0.2, 0.25) is 0 Å². The van der Waals surface area contributed by atoms with Crippen LogP contribution >= 0.6 is 24.0 Å². The molecule has 0 fully saturated rings. The summed E-state index contributed by atoms with van der Waals surface area (Å²) in [6.07, 6.45) is 4.38. The van der Waals surface area contributed by atoms with Gasteiger partial charge in [0.15, 0.2) is 5.96 Å². The lowest BCUT2D eigenvalue weighted by atomic mass is 10.2. The number of guanidine groups is 1. The molecule has 2 aromatic rings. The summed E-state index contributed by atoms with van der Waals surface area (Å²) in [4.78, 5) is 14.9. The Morgan fingerprint density at radius 1 is 1.17 bits per heavy atom. The lowest BCUT2D eigenvalue weighted by molar-refractivity contribution is 0.827. The molecule has 0 saturated carbocycles. The van der Waals surface area contributed by atoms with Crippen LogP contribution in [0.2, 0.25) is 0 Å². The van der Waals surface area contributed by atoms with Crippen LogP contribution in [-0.2, 0) is 13.0 Å². The van der Waals surface area contributed by atoms with Crippen molar-refractivity contribution in [3.63, 3.8) is 0 Å². The maximum Gasteiger partial charge on any atom is 0.188 e. The van der Waals surface area contributed by atoms with Crippen molar-refractivity contribution in [2.75, 3.05) is 25.5 Å². The van der Waals surface area contributed by atoms with Crippen molar-refractivity contribution in [3.8, 4) is 0 Å². The van der Waals surface area contributed by atoms with Crippen LogP contribution in [0.5, 0.6) is 0 Å². The van der Waals surface area contributed by atoms with E-state index in [1.807, 2.05) is 49.3 Å². The molecule has 0 aromatic carbocycles. The molecule has 0 unspecified atom stereocenters. The lowest BCUT2D eigenvalue weighted by Crippen LogP contribution is -2.33. The minimum absolute atomic E-state index is 0. The number of nitrogens with zero attached hydrogens (tertiary/aromatic N) is 4. The van der Waals surface area contributed by atoms with E-state index in [-0.39, 0.29) is 24.0 Å². The second-order valence-corrected chi connectivity index (χ2v) is 5.08. The summed E-state index contributed by atoms with van der Waals surface area (Å²) in [5.41, 5.74) is 7.97. The molecule has 2 rings (SSSR count). The number of nitrogens with one attached hydrogen (secondary N) is 1. The second kappa shape index (κ2) is 9.98. The molecule has 7 heteroatoms. The van der Waals surface area contributed by atoms with Gasteiger partial charge >= 0.3 is 0 Å². The van der Waals surface area contributed by atoms with Gasteiger partial charge in [0.25, 0.3) is 0 Å². The number of halogens is 1. The maximum atomic E-state index is 5.90. The van der Waals surface area contributed by atoms with Crippen LogP contribution in [0.25, 0.3) is 0 Å². The summed E-state index contributed by atoms with van der Waals surface area (Å²) in [6, 6.07) is 9.79. The van der Waals surface area contributed by atoms with Crippen molar-refractivity contribution in [3.05, 3.63) is 54.0 Å². The van der Waals surface area contributed by atoms with Crippen molar-refractivity contribution in [2.24, 2.45) is 10.7 Å². The average Bonchev–Trinajstić information content (AvgIpc) is 2.54. The third kappa shape index (κ3) is 6.39. The van der Waals surface area contributed by atoms with Gasteiger partial charge in [-0.2, -0.15) is 0 Å². The van der Waals surface area contributed by atoms with Gasteiger partial charge in [0.05, 0.1) is 6.54 Å². The molecule has 0 saturated heterocycles. The molecule has 3 N–H and O–H groups in total. The fraction of sp³-hybridized carbons (Fsp3) is 0.312. The largest absolute Gasteiger partial charge is 0.370 e. The Kier molecular flexibility index (Phi) is 8.31. The maximum absolute atomic E-state index is 5.90. The Morgan fingerprint density at radius 3 is 2.65 bits per heavy atom. The normalized spacial score (nSPS) is 10.8. The van der Waals surface area contributed by atoms with Crippen LogP contribution in [0.15, 0.2) is 47.7 Å². The number of pyridine rings is 2. The van der Waals surface area contributed by atoms with Crippen LogP contribution in [0.4, 0.5) is 5.82 Å². The van der Waals surface area contributed by atoms with Gasteiger partial charge in [-0.1, -0.05) is 12.1 Å². The highest BCUT2D eigenvalue weighted by atomic mass is 127. The highest BCUT2D eigenvalue weighted by Gasteiger charge is 2.04. The van der Waals surface area contributed by atoms with E-state index in [1.54, 1.807) is 12.4 Å². The summed E-state index contributed by atoms with van der Waals surface area (Å²) >= 11 is 0. The zero-order valence-corrected chi connectivity index (χ0v) is 15.8. The Balaban J connectivity index is 0.00000264. The van der Waals surface area contributed by atoms with Gasteiger partial charge in [-0.15, -0.1) is 24.0 Å². The minimum Gasteiger partial charge on any atom is -0.370 e. The highest BCUT2D eigenvalue weighted by molar-refractivity contribution is 14.0.